The van der Waals surface area contributed by atoms with Crippen molar-refractivity contribution < 1.29 is 9.21 Å². The van der Waals surface area contributed by atoms with Gasteiger partial charge in [-0.1, -0.05) is 17.7 Å². The smallest absolute Gasteiger partial charge is 0.274 e. The summed E-state index contributed by atoms with van der Waals surface area (Å²) in [4.78, 5) is 18.9. The third-order valence-corrected chi connectivity index (χ3v) is 4.86. The maximum atomic E-state index is 12.3. The van der Waals surface area contributed by atoms with Crippen molar-refractivity contribution in [3.63, 3.8) is 0 Å². The van der Waals surface area contributed by atoms with E-state index in [1.54, 1.807) is 24.6 Å². The number of fused-ring (bicyclic) bond motifs is 1. The molecule has 1 aliphatic heterocycles. The van der Waals surface area contributed by atoms with Gasteiger partial charge in [0.2, 0.25) is 0 Å². The molecule has 2 aromatic heterocycles. The summed E-state index contributed by atoms with van der Waals surface area (Å²) in [6.07, 6.45) is 6.41. The van der Waals surface area contributed by atoms with Crippen LogP contribution in [0.5, 0.6) is 0 Å². The molecule has 0 spiro atoms. The Morgan fingerprint density at radius 3 is 2.93 bits per heavy atom. The summed E-state index contributed by atoms with van der Waals surface area (Å²) in [5.74, 6) is 0.694. The highest BCUT2D eigenvalue weighted by Crippen LogP contribution is 2.24. The minimum absolute atomic E-state index is 0.189. The van der Waals surface area contributed by atoms with Gasteiger partial charge in [-0.3, -0.25) is 14.7 Å². The van der Waals surface area contributed by atoms with Crippen LogP contribution in [0.15, 0.2) is 71.0 Å². The first-order chi connectivity index (χ1) is 13.7. The molecule has 0 radical (unpaired) electrons. The summed E-state index contributed by atoms with van der Waals surface area (Å²) in [5.41, 5.74) is 5.09. The van der Waals surface area contributed by atoms with E-state index in [0.717, 1.165) is 37.5 Å². The van der Waals surface area contributed by atoms with Crippen LogP contribution in [0.4, 0.5) is 5.69 Å². The summed E-state index contributed by atoms with van der Waals surface area (Å²) >= 11 is 0. The van der Waals surface area contributed by atoms with Crippen LogP contribution in [0.2, 0.25) is 0 Å². The highest BCUT2D eigenvalue weighted by atomic mass is 16.3. The van der Waals surface area contributed by atoms with Gasteiger partial charge in [-0.2, -0.15) is 0 Å². The van der Waals surface area contributed by atoms with E-state index in [4.69, 9.17) is 4.42 Å². The molecule has 0 atom stereocenters. The maximum absolute atomic E-state index is 12.3. The fourth-order valence-corrected chi connectivity index (χ4v) is 3.54. The first-order valence-corrected chi connectivity index (χ1v) is 9.44. The van der Waals surface area contributed by atoms with Gasteiger partial charge in [0.15, 0.2) is 0 Å². The van der Waals surface area contributed by atoms with Crippen molar-refractivity contribution in [3.05, 3.63) is 89.1 Å². The molecule has 3 aromatic rings. The van der Waals surface area contributed by atoms with Crippen LogP contribution in [0.25, 0.3) is 6.08 Å². The van der Waals surface area contributed by atoms with E-state index in [1.165, 1.54) is 16.7 Å². The number of pyridine rings is 1. The Morgan fingerprint density at radius 2 is 2.14 bits per heavy atom. The predicted octanol–water partition coefficient (Wildman–Crippen LogP) is 4.39. The van der Waals surface area contributed by atoms with Gasteiger partial charge in [-0.15, -0.1) is 0 Å². The number of furan rings is 1. The first kappa shape index (κ1) is 18.2. The van der Waals surface area contributed by atoms with Crippen molar-refractivity contribution >= 4 is 17.7 Å². The number of aromatic nitrogens is 1. The SMILES string of the molecule is CC(=Cc1ccco1)CN1CCc2ccc(NC(=O)c3ccccn3)cc2C1. The Kier molecular flexibility index (Phi) is 5.35. The number of rotatable bonds is 5. The lowest BCUT2D eigenvalue weighted by molar-refractivity contribution is 0.102. The average Bonchev–Trinajstić information content (AvgIpc) is 3.21. The molecule has 0 fully saturated rings. The molecular weight excluding hydrogens is 350 g/mol. The lowest BCUT2D eigenvalue weighted by Gasteiger charge is -2.29. The second-order valence-corrected chi connectivity index (χ2v) is 7.12. The highest BCUT2D eigenvalue weighted by Gasteiger charge is 2.17. The van der Waals surface area contributed by atoms with E-state index in [2.05, 4.69) is 40.3 Å². The Labute approximate surface area is 164 Å². The lowest BCUT2D eigenvalue weighted by atomic mass is 9.98. The van der Waals surface area contributed by atoms with Gasteiger partial charge in [0.1, 0.15) is 11.5 Å². The molecule has 0 saturated carbocycles. The van der Waals surface area contributed by atoms with Crippen LogP contribution < -0.4 is 5.32 Å². The highest BCUT2D eigenvalue weighted by molar-refractivity contribution is 6.02. The monoisotopic (exact) mass is 373 g/mol. The summed E-state index contributed by atoms with van der Waals surface area (Å²) in [5, 5.41) is 2.95. The standard InChI is InChI=1S/C23H23N3O2/c1-17(13-21-5-4-12-28-21)15-26-11-9-18-7-8-20(14-19(18)16-26)25-23(27)22-6-2-3-10-24-22/h2-8,10,12-14H,9,11,15-16H2,1H3,(H,25,27). The molecule has 5 nitrogen and oxygen atoms in total. The normalized spacial score (nSPS) is 14.5. The number of carbonyl (C=O) groups excluding carboxylic acids is 1. The van der Waals surface area contributed by atoms with Gasteiger partial charge in [0, 0.05) is 31.5 Å². The summed E-state index contributed by atoms with van der Waals surface area (Å²) < 4.78 is 5.40. The van der Waals surface area contributed by atoms with Gasteiger partial charge >= 0.3 is 0 Å². The molecular formula is C23H23N3O2. The topological polar surface area (TPSA) is 58.4 Å². The molecule has 0 saturated heterocycles. The minimum atomic E-state index is -0.189. The number of nitrogens with zero attached hydrogens (tertiary/aromatic N) is 2. The van der Waals surface area contributed by atoms with Crippen LogP contribution in [0.1, 0.15) is 34.3 Å². The Bertz CT molecular complexity index is 978. The molecule has 5 heteroatoms. The van der Waals surface area contributed by atoms with Gasteiger partial charge in [-0.25, -0.2) is 0 Å². The molecule has 1 aromatic carbocycles. The van der Waals surface area contributed by atoms with E-state index in [0.29, 0.717) is 5.69 Å². The third-order valence-electron chi connectivity index (χ3n) is 4.86. The Hall–Kier alpha value is -3.18. The largest absolute Gasteiger partial charge is 0.465 e. The van der Waals surface area contributed by atoms with Crippen LogP contribution in [0, 0.1) is 0 Å². The maximum Gasteiger partial charge on any atom is 0.274 e. The molecule has 28 heavy (non-hydrogen) atoms. The first-order valence-electron chi connectivity index (χ1n) is 9.44. The van der Waals surface area contributed by atoms with Crippen LogP contribution in [0.3, 0.4) is 0 Å². The van der Waals surface area contributed by atoms with Crippen LogP contribution in [-0.4, -0.2) is 28.9 Å². The molecule has 142 valence electrons. The quantitative estimate of drug-likeness (QED) is 0.721. The van der Waals surface area contributed by atoms with E-state index in [9.17, 15) is 4.79 Å². The molecule has 1 amide bonds. The number of hydrogen-bond acceptors (Lipinski definition) is 4. The van der Waals surface area contributed by atoms with Gasteiger partial charge in [0.25, 0.3) is 5.91 Å². The second-order valence-electron chi connectivity index (χ2n) is 7.12. The van der Waals surface area contributed by atoms with Crippen molar-refractivity contribution in [2.75, 3.05) is 18.4 Å². The average molecular weight is 373 g/mol. The third kappa shape index (κ3) is 4.38. The van der Waals surface area contributed by atoms with Crippen molar-refractivity contribution in [1.82, 2.24) is 9.88 Å². The van der Waals surface area contributed by atoms with Crippen LogP contribution >= 0.6 is 0 Å². The molecule has 4 rings (SSSR count). The molecule has 0 bridgehead atoms. The Morgan fingerprint density at radius 1 is 1.21 bits per heavy atom. The van der Waals surface area contributed by atoms with Gasteiger partial charge in [-0.05, 0) is 66.9 Å². The fourth-order valence-electron chi connectivity index (χ4n) is 3.54. The molecule has 3 heterocycles. The second kappa shape index (κ2) is 8.23. The minimum Gasteiger partial charge on any atom is -0.465 e. The zero-order chi connectivity index (χ0) is 19.3. The van der Waals surface area contributed by atoms with Crippen molar-refractivity contribution in [1.29, 1.82) is 0 Å². The Balaban J connectivity index is 1.43. The summed E-state index contributed by atoms with van der Waals surface area (Å²) in [6, 6.07) is 15.3. The van der Waals surface area contributed by atoms with E-state index >= 15 is 0 Å². The van der Waals surface area contributed by atoms with E-state index in [-0.39, 0.29) is 5.91 Å². The number of anilines is 1. The zero-order valence-corrected chi connectivity index (χ0v) is 15.9. The molecule has 1 N–H and O–H groups in total. The van der Waals surface area contributed by atoms with Crippen LogP contribution in [-0.2, 0) is 13.0 Å². The lowest BCUT2D eigenvalue weighted by Crippen LogP contribution is -2.31. The van der Waals surface area contributed by atoms with Crippen molar-refractivity contribution in [2.45, 2.75) is 19.9 Å². The number of hydrogen-bond donors (Lipinski definition) is 1. The number of amides is 1. The fraction of sp³-hybridized carbons (Fsp3) is 0.217. The van der Waals surface area contributed by atoms with Gasteiger partial charge in [0.05, 0.1) is 6.26 Å². The number of nitrogens with one attached hydrogen (secondary N) is 1. The van der Waals surface area contributed by atoms with Gasteiger partial charge < -0.3 is 9.73 Å². The van der Waals surface area contributed by atoms with Crippen molar-refractivity contribution in [2.24, 2.45) is 0 Å². The van der Waals surface area contributed by atoms with Crippen molar-refractivity contribution in [3.8, 4) is 0 Å². The van der Waals surface area contributed by atoms with E-state index < -0.39 is 0 Å². The summed E-state index contributed by atoms with van der Waals surface area (Å²) in [6.45, 7) is 4.91. The molecule has 0 aliphatic carbocycles. The number of benzene rings is 1. The van der Waals surface area contributed by atoms with E-state index in [1.807, 2.05) is 24.3 Å². The summed E-state index contributed by atoms with van der Waals surface area (Å²) in [7, 11) is 0. The predicted molar refractivity (Wildman–Crippen MR) is 110 cm³/mol. The molecule has 0 unspecified atom stereocenters. The zero-order valence-electron chi connectivity index (χ0n) is 15.9. The molecule has 1 aliphatic rings. The number of carbonyl (C=O) groups is 1.